The van der Waals surface area contributed by atoms with Gasteiger partial charge in [-0.05, 0) is 23.8 Å². The molecule has 13 heteroatoms. The first-order valence-corrected chi connectivity index (χ1v) is 12.3. The predicted octanol–water partition coefficient (Wildman–Crippen LogP) is 2.33. The molecule has 0 bridgehead atoms. The number of thiophene rings is 1. The first-order chi connectivity index (χ1) is 13.7. The number of sulfonamides is 1. The van der Waals surface area contributed by atoms with Crippen LogP contribution in [0.2, 0.25) is 9.36 Å². The van der Waals surface area contributed by atoms with Crippen molar-refractivity contribution in [2.45, 2.75) is 22.7 Å². The number of thioether (sulfide) groups is 1. The number of halogens is 2. The van der Waals surface area contributed by atoms with Crippen molar-refractivity contribution in [1.82, 2.24) is 14.6 Å². The Morgan fingerprint density at radius 2 is 2.03 bits per heavy atom. The van der Waals surface area contributed by atoms with Crippen LogP contribution in [0.5, 0.6) is 0 Å². The van der Waals surface area contributed by atoms with Gasteiger partial charge in [0.2, 0.25) is 5.91 Å². The molecule has 0 radical (unpaired) electrons. The summed E-state index contributed by atoms with van der Waals surface area (Å²) in [5.74, 6) is -1.62. The van der Waals surface area contributed by atoms with E-state index in [4.69, 9.17) is 23.2 Å². The number of aliphatic carboxylic acids is 1. The zero-order valence-electron chi connectivity index (χ0n) is 14.6. The van der Waals surface area contributed by atoms with Crippen LogP contribution in [-0.4, -0.2) is 58.4 Å². The summed E-state index contributed by atoms with van der Waals surface area (Å²) in [6.45, 7) is 0. The summed E-state index contributed by atoms with van der Waals surface area (Å²) in [5.41, 5.74) is 0.681. The van der Waals surface area contributed by atoms with Crippen molar-refractivity contribution in [1.29, 1.82) is 0 Å². The highest BCUT2D eigenvalue weighted by molar-refractivity contribution is 8.01. The van der Waals surface area contributed by atoms with Gasteiger partial charge in [0, 0.05) is 24.6 Å². The number of hydrogen-bond acceptors (Lipinski definition) is 7. The molecule has 1 saturated heterocycles. The molecule has 2 aromatic rings. The maximum atomic E-state index is 12.9. The van der Waals surface area contributed by atoms with Crippen molar-refractivity contribution >= 4 is 68.2 Å². The molecule has 1 aliphatic heterocycles. The van der Waals surface area contributed by atoms with Gasteiger partial charge in [-0.3, -0.25) is 9.78 Å². The first kappa shape index (κ1) is 22.3. The maximum Gasteiger partial charge on any atom is 0.326 e. The lowest BCUT2D eigenvalue weighted by molar-refractivity contribution is -0.142. The Labute approximate surface area is 185 Å². The first-order valence-electron chi connectivity index (χ1n) is 8.16. The lowest BCUT2D eigenvalue weighted by atomic mass is 10.1. The van der Waals surface area contributed by atoms with Crippen LogP contribution >= 0.6 is 46.3 Å². The molecule has 2 atom stereocenters. The monoisotopic (exact) mass is 495 g/mol. The second-order valence-corrected chi connectivity index (χ2v) is 11.2. The van der Waals surface area contributed by atoms with E-state index in [9.17, 15) is 23.1 Å². The zero-order valence-corrected chi connectivity index (χ0v) is 18.6. The molecule has 0 aromatic carbocycles. The van der Waals surface area contributed by atoms with Crippen LogP contribution in [0, 0.1) is 0 Å². The summed E-state index contributed by atoms with van der Waals surface area (Å²) >= 11 is 13.8. The molecule has 2 aromatic heterocycles. The molecule has 0 aliphatic carbocycles. The number of carboxylic acid groups (broad SMARTS) is 1. The Kier molecular flexibility index (Phi) is 7.07. The minimum absolute atomic E-state index is 0.0480. The van der Waals surface area contributed by atoms with Gasteiger partial charge < -0.3 is 10.4 Å². The molecule has 156 valence electrons. The van der Waals surface area contributed by atoms with E-state index in [-0.39, 0.29) is 31.6 Å². The number of carboxylic acids is 1. The molecule has 1 fully saturated rings. The van der Waals surface area contributed by atoms with E-state index < -0.39 is 34.0 Å². The molecule has 0 saturated carbocycles. The molecular weight excluding hydrogens is 481 g/mol. The fourth-order valence-electron chi connectivity index (χ4n) is 2.66. The Bertz CT molecular complexity index is 997. The summed E-state index contributed by atoms with van der Waals surface area (Å²) < 4.78 is 27.0. The van der Waals surface area contributed by atoms with Crippen LogP contribution in [-0.2, 0) is 26.0 Å². The van der Waals surface area contributed by atoms with E-state index >= 15 is 0 Å². The summed E-state index contributed by atoms with van der Waals surface area (Å²) in [6.07, 6.45) is 3.09. The van der Waals surface area contributed by atoms with Gasteiger partial charge in [-0.2, -0.15) is 4.31 Å². The summed E-state index contributed by atoms with van der Waals surface area (Å²) in [6, 6.07) is 2.30. The number of pyridine rings is 1. The number of nitrogens with one attached hydrogen (secondary N) is 1. The third-order valence-corrected chi connectivity index (χ3v) is 9.48. The van der Waals surface area contributed by atoms with Gasteiger partial charge in [-0.1, -0.05) is 23.2 Å². The number of carbonyl (C=O) groups is 2. The number of rotatable bonds is 7. The molecule has 3 rings (SSSR count). The molecule has 0 spiro atoms. The summed E-state index contributed by atoms with van der Waals surface area (Å²) in [5, 5.41) is 12.0. The molecule has 2 unspecified atom stereocenters. The number of aromatic nitrogens is 1. The smallest absolute Gasteiger partial charge is 0.326 e. The Balaban J connectivity index is 1.77. The highest BCUT2D eigenvalue weighted by Crippen LogP contribution is 2.38. The lowest BCUT2D eigenvalue weighted by Crippen LogP contribution is -2.52. The fourth-order valence-corrected chi connectivity index (χ4v) is 7.82. The molecular formula is C16H15Cl2N3O5S3. The van der Waals surface area contributed by atoms with Crippen LogP contribution in [0.25, 0.3) is 0 Å². The molecule has 1 amide bonds. The van der Waals surface area contributed by atoms with Crippen molar-refractivity contribution in [3.05, 3.63) is 45.5 Å². The third kappa shape index (κ3) is 5.04. The van der Waals surface area contributed by atoms with Gasteiger partial charge in [0.1, 0.15) is 20.6 Å². The van der Waals surface area contributed by atoms with Crippen molar-refractivity contribution in [3.8, 4) is 0 Å². The standard InChI is InChI=1S/C16H15Cl2N3O5S3/c17-10-6-13(28-14(10)18)29(25,26)21-8-27-7-12(21)15(22)20-11(16(23)24)5-9-1-3-19-4-2-9/h1-4,6,11-12H,5,7-8H2,(H,20,22)(H,23,24). The third-order valence-electron chi connectivity index (χ3n) is 4.13. The molecule has 8 nitrogen and oxygen atoms in total. The van der Waals surface area contributed by atoms with Gasteiger partial charge in [0.15, 0.2) is 0 Å². The van der Waals surface area contributed by atoms with Crippen LogP contribution < -0.4 is 5.32 Å². The zero-order chi connectivity index (χ0) is 21.2. The molecule has 29 heavy (non-hydrogen) atoms. The van der Waals surface area contributed by atoms with Gasteiger partial charge in [-0.25, -0.2) is 13.2 Å². The quantitative estimate of drug-likeness (QED) is 0.604. The Hall–Kier alpha value is -1.37. The van der Waals surface area contributed by atoms with E-state index in [0.29, 0.717) is 5.56 Å². The van der Waals surface area contributed by atoms with Crippen molar-refractivity contribution in [3.63, 3.8) is 0 Å². The van der Waals surface area contributed by atoms with Crippen LogP contribution in [0.15, 0.2) is 34.8 Å². The van der Waals surface area contributed by atoms with Gasteiger partial charge in [-0.15, -0.1) is 23.1 Å². The maximum absolute atomic E-state index is 12.9. The topological polar surface area (TPSA) is 117 Å². The second-order valence-electron chi connectivity index (χ2n) is 6.05. The van der Waals surface area contributed by atoms with Crippen LogP contribution in [0.4, 0.5) is 0 Å². The van der Waals surface area contributed by atoms with Crippen molar-refractivity contribution < 1.29 is 23.1 Å². The lowest BCUT2D eigenvalue weighted by Gasteiger charge is -2.23. The molecule has 2 N–H and O–H groups in total. The summed E-state index contributed by atoms with van der Waals surface area (Å²) in [7, 11) is -4.00. The largest absolute Gasteiger partial charge is 0.480 e. The van der Waals surface area contributed by atoms with Crippen molar-refractivity contribution in [2.24, 2.45) is 0 Å². The molecule has 3 heterocycles. The highest BCUT2D eigenvalue weighted by Gasteiger charge is 2.42. The number of hydrogen-bond donors (Lipinski definition) is 2. The number of amides is 1. The SMILES string of the molecule is O=C(O)C(Cc1ccncc1)NC(=O)C1CSCN1S(=O)(=O)c1cc(Cl)c(Cl)s1. The summed E-state index contributed by atoms with van der Waals surface area (Å²) in [4.78, 5) is 28.2. The van der Waals surface area contributed by atoms with Crippen LogP contribution in [0.3, 0.4) is 0 Å². The normalized spacial score (nSPS) is 18.5. The molecule has 1 aliphatic rings. The minimum Gasteiger partial charge on any atom is -0.480 e. The average molecular weight is 496 g/mol. The minimum atomic E-state index is -4.00. The average Bonchev–Trinajstić information content (AvgIpc) is 3.30. The number of carbonyl (C=O) groups excluding carboxylic acids is 1. The van der Waals surface area contributed by atoms with E-state index in [1.54, 1.807) is 12.1 Å². The fraction of sp³-hybridized carbons (Fsp3) is 0.312. The van der Waals surface area contributed by atoms with E-state index in [1.807, 2.05) is 0 Å². The Morgan fingerprint density at radius 3 is 2.62 bits per heavy atom. The van der Waals surface area contributed by atoms with Crippen LogP contribution in [0.1, 0.15) is 5.56 Å². The van der Waals surface area contributed by atoms with E-state index in [0.717, 1.165) is 15.6 Å². The number of nitrogens with zero attached hydrogens (tertiary/aromatic N) is 2. The Morgan fingerprint density at radius 1 is 1.34 bits per heavy atom. The predicted molar refractivity (Wildman–Crippen MR) is 112 cm³/mol. The van der Waals surface area contributed by atoms with Gasteiger partial charge in [0.05, 0.1) is 10.9 Å². The van der Waals surface area contributed by atoms with Gasteiger partial charge >= 0.3 is 5.97 Å². The van der Waals surface area contributed by atoms with Gasteiger partial charge in [0.25, 0.3) is 10.0 Å². The van der Waals surface area contributed by atoms with E-state index in [2.05, 4.69) is 10.3 Å². The van der Waals surface area contributed by atoms with E-state index in [1.165, 1.54) is 30.2 Å². The highest BCUT2D eigenvalue weighted by atomic mass is 35.5. The second kappa shape index (κ2) is 9.19. The van der Waals surface area contributed by atoms with Crippen molar-refractivity contribution in [2.75, 3.05) is 11.6 Å².